The lowest BCUT2D eigenvalue weighted by Gasteiger charge is -2.41. The highest BCUT2D eigenvalue weighted by molar-refractivity contribution is 5.83. The Morgan fingerprint density at radius 2 is 1.91 bits per heavy atom. The van der Waals surface area contributed by atoms with Gasteiger partial charge in [0.25, 0.3) is 0 Å². The van der Waals surface area contributed by atoms with E-state index in [4.69, 9.17) is 10.5 Å². The van der Waals surface area contributed by atoms with Gasteiger partial charge in [-0.25, -0.2) is 0 Å². The van der Waals surface area contributed by atoms with Gasteiger partial charge in [0.15, 0.2) is 0 Å². The predicted octanol–water partition coefficient (Wildman–Crippen LogP) is 4.26. The van der Waals surface area contributed by atoms with Crippen molar-refractivity contribution in [2.75, 3.05) is 19.7 Å². The smallest absolute Gasteiger partial charge is 0.225 e. The summed E-state index contributed by atoms with van der Waals surface area (Å²) in [6.45, 7) is 3.99. The molecule has 2 fully saturated rings. The number of hydrogen-bond donors (Lipinski definition) is 1. The van der Waals surface area contributed by atoms with Crippen LogP contribution < -0.4 is 5.73 Å². The molecule has 2 saturated heterocycles. The average Bonchev–Trinajstić information content (AvgIpc) is 3.31. The van der Waals surface area contributed by atoms with Gasteiger partial charge in [-0.1, -0.05) is 54.1 Å². The van der Waals surface area contributed by atoms with E-state index >= 15 is 0 Å². The van der Waals surface area contributed by atoms with Crippen LogP contribution in [0.2, 0.25) is 0 Å². The van der Waals surface area contributed by atoms with Crippen molar-refractivity contribution in [3.05, 3.63) is 59.7 Å². The minimum absolute atomic E-state index is 0.110. The first-order valence-electron chi connectivity index (χ1n) is 11.8. The monoisotopic (exact) mass is 434 g/mol. The predicted molar refractivity (Wildman–Crippen MR) is 126 cm³/mol. The fourth-order valence-corrected chi connectivity index (χ4v) is 5.17. The van der Waals surface area contributed by atoms with Crippen LogP contribution >= 0.6 is 0 Å². The molecule has 5 heteroatoms. The molecule has 2 heterocycles. The highest BCUT2D eigenvalue weighted by atomic mass is 16.5. The van der Waals surface area contributed by atoms with Crippen molar-refractivity contribution < 1.29 is 14.3 Å². The van der Waals surface area contributed by atoms with Crippen LogP contribution in [0.1, 0.15) is 49.7 Å². The first kappa shape index (κ1) is 22.5. The van der Waals surface area contributed by atoms with Crippen molar-refractivity contribution in [3.8, 4) is 11.1 Å². The lowest BCUT2D eigenvalue weighted by molar-refractivity contribution is -0.140. The minimum atomic E-state index is -0.719. The molecule has 0 spiro atoms. The maximum absolute atomic E-state index is 12.9. The lowest BCUT2D eigenvalue weighted by atomic mass is 9.74. The molecule has 2 N–H and O–H groups in total. The van der Waals surface area contributed by atoms with Crippen LogP contribution in [-0.2, 0) is 20.7 Å². The third-order valence-corrected chi connectivity index (χ3v) is 6.98. The van der Waals surface area contributed by atoms with Gasteiger partial charge in [-0.2, -0.15) is 0 Å². The number of amides is 2. The molecule has 5 nitrogen and oxygen atoms in total. The van der Waals surface area contributed by atoms with Crippen LogP contribution in [0.25, 0.3) is 11.1 Å². The maximum atomic E-state index is 12.9. The standard InChI is InChI=1S/C27H34N2O3/c1-20-6-2-8-22(16-20)23-9-3-7-21(17-23)18-27(26(28)31)13-5-14-29(19-27)25(30)12-11-24-10-4-15-32-24/h2-3,6-9,16-17,24H,4-5,10-15,18-19H2,1H3,(H2,28,31). The summed E-state index contributed by atoms with van der Waals surface area (Å²) in [5.41, 5.74) is 9.82. The first-order valence-corrected chi connectivity index (χ1v) is 11.8. The van der Waals surface area contributed by atoms with Gasteiger partial charge in [-0.3, -0.25) is 9.59 Å². The second-order valence-electron chi connectivity index (χ2n) is 9.48. The fourth-order valence-electron chi connectivity index (χ4n) is 5.17. The normalized spacial score (nSPS) is 23.3. The number of primary amides is 1. The summed E-state index contributed by atoms with van der Waals surface area (Å²) in [5, 5.41) is 0. The Balaban J connectivity index is 1.48. The topological polar surface area (TPSA) is 72.6 Å². The molecule has 2 aromatic rings. The van der Waals surface area contributed by atoms with Gasteiger partial charge in [0.2, 0.25) is 11.8 Å². The molecule has 2 unspecified atom stereocenters. The summed E-state index contributed by atoms with van der Waals surface area (Å²) < 4.78 is 5.66. The Morgan fingerprint density at radius 1 is 1.12 bits per heavy atom. The highest BCUT2D eigenvalue weighted by Gasteiger charge is 2.42. The summed E-state index contributed by atoms with van der Waals surface area (Å²) in [5.74, 6) is -0.200. The maximum Gasteiger partial charge on any atom is 0.225 e. The molecule has 2 aromatic carbocycles. The van der Waals surface area contributed by atoms with E-state index in [-0.39, 0.29) is 17.9 Å². The zero-order valence-corrected chi connectivity index (χ0v) is 19.0. The molecule has 0 saturated carbocycles. The minimum Gasteiger partial charge on any atom is -0.378 e. The number of piperidine rings is 1. The quantitative estimate of drug-likeness (QED) is 0.708. The molecular formula is C27H34N2O3. The molecule has 0 aliphatic carbocycles. The molecular weight excluding hydrogens is 400 g/mol. The molecule has 170 valence electrons. The van der Waals surface area contributed by atoms with Crippen molar-refractivity contribution in [2.24, 2.45) is 11.1 Å². The number of carbonyl (C=O) groups excluding carboxylic acids is 2. The first-order chi connectivity index (χ1) is 15.4. The Morgan fingerprint density at radius 3 is 2.62 bits per heavy atom. The zero-order chi connectivity index (χ0) is 22.6. The summed E-state index contributed by atoms with van der Waals surface area (Å²) >= 11 is 0. The van der Waals surface area contributed by atoms with Gasteiger partial charge in [-0.15, -0.1) is 0 Å². The molecule has 0 aromatic heterocycles. The van der Waals surface area contributed by atoms with Gasteiger partial charge < -0.3 is 15.4 Å². The van der Waals surface area contributed by atoms with Gasteiger partial charge in [0.1, 0.15) is 0 Å². The number of carbonyl (C=O) groups is 2. The number of aryl methyl sites for hydroxylation is 1. The van der Waals surface area contributed by atoms with Crippen LogP contribution in [-0.4, -0.2) is 42.5 Å². The largest absolute Gasteiger partial charge is 0.378 e. The van der Waals surface area contributed by atoms with E-state index in [1.54, 1.807) is 0 Å². The number of likely N-dealkylation sites (tertiary alicyclic amines) is 1. The zero-order valence-electron chi connectivity index (χ0n) is 19.0. The van der Waals surface area contributed by atoms with E-state index < -0.39 is 5.41 Å². The summed E-state index contributed by atoms with van der Waals surface area (Å²) in [6, 6.07) is 16.8. The van der Waals surface area contributed by atoms with Gasteiger partial charge in [0, 0.05) is 26.1 Å². The summed E-state index contributed by atoms with van der Waals surface area (Å²) in [7, 11) is 0. The molecule has 2 atom stereocenters. The number of rotatable bonds is 7. The van der Waals surface area contributed by atoms with Gasteiger partial charge in [0.05, 0.1) is 11.5 Å². The van der Waals surface area contributed by atoms with Gasteiger partial charge >= 0.3 is 0 Å². The average molecular weight is 435 g/mol. The Kier molecular flexibility index (Phi) is 6.95. The number of nitrogens with zero attached hydrogens (tertiary/aromatic N) is 1. The van der Waals surface area contributed by atoms with E-state index in [2.05, 4.69) is 49.4 Å². The van der Waals surface area contributed by atoms with Crippen LogP contribution in [0, 0.1) is 12.3 Å². The molecule has 0 radical (unpaired) electrons. The van der Waals surface area contributed by atoms with E-state index in [0.717, 1.165) is 49.0 Å². The van der Waals surface area contributed by atoms with Crippen molar-refractivity contribution >= 4 is 11.8 Å². The second-order valence-corrected chi connectivity index (χ2v) is 9.48. The van der Waals surface area contributed by atoms with E-state index in [1.165, 1.54) is 5.56 Å². The molecule has 4 rings (SSSR count). The molecule has 2 aliphatic rings. The van der Waals surface area contributed by atoms with Crippen LogP contribution in [0.15, 0.2) is 48.5 Å². The van der Waals surface area contributed by atoms with Crippen LogP contribution in [0.5, 0.6) is 0 Å². The van der Waals surface area contributed by atoms with Crippen molar-refractivity contribution in [1.29, 1.82) is 0 Å². The van der Waals surface area contributed by atoms with Crippen LogP contribution in [0.3, 0.4) is 0 Å². The molecule has 0 bridgehead atoms. The van der Waals surface area contributed by atoms with E-state index in [1.807, 2.05) is 11.0 Å². The van der Waals surface area contributed by atoms with Crippen molar-refractivity contribution in [3.63, 3.8) is 0 Å². The summed E-state index contributed by atoms with van der Waals surface area (Å²) in [4.78, 5) is 27.4. The Hall–Kier alpha value is -2.66. The Bertz CT molecular complexity index is 967. The fraction of sp³-hybridized carbons (Fsp3) is 0.481. The van der Waals surface area contributed by atoms with E-state index in [0.29, 0.717) is 32.4 Å². The van der Waals surface area contributed by atoms with Crippen molar-refractivity contribution in [2.45, 2.75) is 58.0 Å². The number of benzene rings is 2. The van der Waals surface area contributed by atoms with Gasteiger partial charge in [-0.05, 0) is 62.1 Å². The molecule has 2 amide bonds. The van der Waals surface area contributed by atoms with Crippen molar-refractivity contribution in [1.82, 2.24) is 4.90 Å². The second kappa shape index (κ2) is 9.86. The third kappa shape index (κ3) is 5.21. The molecule has 32 heavy (non-hydrogen) atoms. The van der Waals surface area contributed by atoms with E-state index in [9.17, 15) is 9.59 Å². The highest BCUT2D eigenvalue weighted by Crippen LogP contribution is 2.35. The molecule has 2 aliphatic heterocycles. The summed E-state index contributed by atoms with van der Waals surface area (Å²) in [6.07, 6.45) is 5.62. The van der Waals surface area contributed by atoms with Crippen LogP contribution in [0.4, 0.5) is 0 Å². The number of ether oxygens (including phenoxy) is 1. The SMILES string of the molecule is Cc1cccc(-c2cccc(CC3(C(N)=O)CCCN(C(=O)CCC4CCCO4)C3)c2)c1. The number of hydrogen-bond acceptors (Lipinski definition) is 3. The number of nitrogens with two attached hydrogens (primary N) is 1. The Labute approximate surface area is 190 Å². The lowest BCUT2D eigenvalue weighted by Crippen LogP contribution is -2.53. The third-order valence-electron chi connectivity index (χ3n) is 6.98.